The summed E-state index contributed by atoms with van der Waals surface area (Å²) in [7, 11) is 0. The number of hydrogen-bond acceptors (Lipinski definition) is 1. The highest BCUT2D eigenvalue weighted by molar-refractivity contribution is 6.31. The number of amides is 1. The van der Waals surface area contributed by atoms with Crippen LogP contribution in [-0.4, -0.2) is 10.5 Å². The van der Waals surface area contributed by atoms with E-state index in [1.54, 1.807) is 0 Å². The van der Waals surface area contributed by atoms with E-state index in [1.165, 1.54) is 0 Å². The van der Waals surface area contributed by atoms with Crippen molar-refractivity contribution in [3.8, 4) is 0 Å². The number of benzene rings is 1. The second-order valence-corrected chi connectivity index (χ2v) is 4.13. The fourth-order valence-electron chi connectivity index (χ4n) is 1.53. The van der Waals surface area contributed by atoms with Crippen LogP contribution in [0.15, 0.2) is 48.8 Å². The Balaban J connectivity index is 1.86. The zero-order chi connectivity index (χ0) is 12.1. The summed E-state index contributed by atoms with van der Waals surface area (Å²) in [5.74, 6) is -0.0267. The Morgan fingerprint density at radius 1 is 1.18 bits per heavy atom. The molecule has 0 aliphatic carbocycles. The number of aromatic nitrogens is 1. The number of nitrogens with zero attached hydrogens (tertiary/aromatic N) is 1. The lowest BCUT2D eigenvalue weighted by molar-refractivity contribution is -0.121. The summed E-state index contributed by atoms with van der Waals surface area (Å²) in [6, 6.07) is 11.3. The topological polar surface area (TPSA) is 34.0 Å². The predicted octanol–water partition coefficient (Wildman–Crippen LogP) is 2.46. The Kier molecular flexibility index (Phi) is 3.83. The molecule has 0 aliphatic heterocycles. The SMILES string of the molecule is O=C(Cn1cccc1)NCc1ccccc1Cl. The van der Waals surface area contributed by atoms with Gasteiger partial charge >= 0.3 is 0 Å². The van der Waals surface area contributed by atoms with E-state index in [2.05, 4.69) is 5.32 Å². The molecule has 17 heavy (non-hydrogen) atoms. The molecule has 88 valence electrons. The lowest BCUT2D eigenvalue weighted by Crippen LogP contribution is -2.26. The first-order valence-corrected chi connectivity index (χ1v) is 5.74. The highest BCUT2D eigenvalue weighted by atomic mass is 35.5. The summed E-state index contributed by atoms with van der Waals surface area (Å²) >= 11 is 5.99. The maximum absolute atomic E-state index is 11.6. The van der Waals surface area contributed by atoms with Gasteiger partial charge in [-0.3, -0.25) is 4.79 Å². The van der Waals surface area contributed by atoms with Gasteiger partial charge < -0.3 is 9.88 Å². The molecule has 0 aliphatic rings. The normalized spacial score (nSPS) is 10.2. The molecule has 0 bridgehead atoms. The van der Waals surface area contributed by atoms with E-state index in [4.69, 9.17) is 11.6 Å². The second-order valence-electron chi connectivity index (χ2n) is 3.72. The Bertz CT molecular complexity index is 494. The van der Waals surface area contributed by atoms with Gasteiger partial charge in [-0.1, -0.05) is 29.8 Å². The minimum absolute atomic E-state index is 0.0267. The van der Waals surface area contributed by atoms with Gasteiger partial charge in [-0.25, -0.2) is 0 Å². The van der Waals surface area contributed by atoms with Crippen molar-refractivity contribution in [2.75, 3.05) is 0 Å². The van der Waals surface area contributed by atoms with E-state index in [-0.39, 0.29) is 5.91 Å². The monoisotopic (exact) mass is 248 g/mol. The van der Waals surface area contributed by atoms with Crippen molar-refractivity contribution in [2.24, 2.45) is 0 Å². The summed E-state index contributed by atoms with van der Waals surface area (Å²) in [5, 5.41) is 3.51. The van der Waals surface area contributed by atoms with Gasteiger partial charge in [0.2, 0.25) is 5.91 Å². The van der Waals surface area contributed by atoms with Crippen LogP contribution in [0.2, 0.25) is 5.02 Å². The smallest absolute Gasteiger partial charge is 0.240 e. The molecule has 4 heteroatoms. The van der Waals surface area contributed by atoms with Gasteiger partial charge in [0.1, 0.15) is 6.54 Å². The highest BCUT2D eigenvalue weighted by Gasteiger charge is 2.03. The Hall–Kier alpha value is -1.74. The molecule has 0 atom stereocenters. The summed E-state index contributed by atoms with van der Waals surface area (Å²) in [6.07, 6.45) is 3.71. The van der Waals surface area contributed by atoms with Crippen molar-refractivity contribution in [1.82, 2.24) is 9.88 Å². The van der Waals surface area contributed by atoms with Crippen molar-refractivity contribution in [3.63, 3.8) is 0 Å². The minimum atomic E-state index is -0.0267. The molecule has 0 fully saturated rings. The average Bonchev–Trinajstić information content (AvgIpc) is 2.81. The van der Waals surface area contributed by atoms with Crippen LogP contribution in [0.5, 0.6) is 0 Å². The van der Waals surface area contributed by atoms with Crippen LogP contribution < -0.4 is 5.32 Å². The van der Waals surface area contributed by atoms with Crippen molar-refractivity contribution in [1.29, 1.82) is 0 Å². The second kappa shape index (κ2) is 5.55. The average molecular weight is 249 g/mol. The Morgan fingerprint density at radius 3 is 2.59 bits per heavy atom. The van der Waals surface area contributed by atoms with Gasteiger partial charge in [-0.05, 0) is 23.8 Å². The first-order chi connectivity index (χ1) is 8.25. The summed E-state index contributed by atoms with van der Waals surface area (Å²) < 4.78 is 1.82. The molecule has 0 spiro atoms. The Morgan fingerprint density at radius 2 is 1.88 bits per heavy atom. The van der Waals surface area contributed by atoms with Gasteiger partial charge in [0.25, 0.3) is 0 Å². The zero-order valence-electron chi connectivity index (χ0n) is 9.27. The van der Waals surface area contributed by atoms with E-state index in [0.29, 0.717) is 18.1 Å². The molecule has 0 radical (unpaired) electrons. The molecule has 3 nitrogen and oxygen atoms in total. The van der Waals surface area contributed by atoms with Crippen molar-refractivity contribution < 1.29 is 4.79 Å². The first-order valence-electron chi connectivity index (χ1n) is 5.36. The third kappa shape index (κ3) is 3.36. The summed E-state index contributed by atoms with van der Waals surface area (Å²) in [4.78, 5) is 11.6. The fourth-order valence-corrected chi connectivity index (χ4v) is 1.74. The van der Waals surface area contributed by atoms with Crippen LogP contribution in [0.4, 0.5) is 0 Å². The maximum Gasteiger partial charge on any atom is 0.240 e. The summed E-state index contributed by atoms with van der Waals surface area (Å²) in [5.41, 5.74) is 0.926. The van der Waals surface area contributed by atoms with E-state index >= 15 is 0 Å². The van der Waals surface area contributed by atoms with Crippen LogP contribution in [-0.2, 0) is 17.9 Å². The molecule has 1 heterocycles. The number of carbonyl (C=O) groups is 1. The van der Waals surface area contributed by atoms with Crippen molar-refractivity contribution in [3.05, 3.63) is 59.4 Å². The van der Waals surface area contributed by atoms with Gasteiger partial charge in [0.15, 0.2) is 0 Å². The molecule has 2 aromatic rings. The molecule has 2 rings (SSSR count). The minimum Gasteiger partial charge on any atom is -0.350 e. The van der Waals surface area contributed by atoms with Gasteiger partial charge in [0, 0.05) is 24.0 Å². The fraction of sp³-hybridized carbons (Fsp3) is 0.154. The number of nitrogens with one attached hydrogen (secondary N) is 1. The van der Waals surface area contributed by atoms with Crippen molar-refractivity contribution >= 4 is 17.5 Å². The summed E-state index contributed by atoms with van der Waals surface area (Å²) in [6.45, 7) is 0.789. The van der Waals surface area contributed by atoms with Crippen LogP contribution in [0.1, 0.15) is 5.56 Å². The first kappa shape index (κ1) is 11.7. The number of hydrogen-bond donors (Lipinski definition) is 1. The van der Waals surface area contributed by atoms with E-state index < -0.39 is 0 Å². The predicted molar refractivity (Wildman–Crippen MR) is 67.7 cm³/mol. The van der Waals surface area contributed by atoms with E-state index in [1.807, 2.05) is 53.4 Å². The lowest BCUT2D eigenvalue weighted by atomic mass is 10.2. The van der Waals surface area contributed by atoms with Gasteiger partial charge in [-0.2, -0.15) is 0 Å². The van der Waals surface area contributed by atoms with E-state index in [0.717, 1.165) is 5.56 Å². The molecule has 1 aromatic heterocycles. The molecule has 1 aromatic carbocycles. The molecule has 0 saturated carbocycles. The van der Waals surface area contributed by atoms with Crippen LogP contribution in [0, 0.1) is 0 Å². The lowest BCUT2D eigenvalue weighted by Gasteiger charge is -2.07. The van der Waals surface area contributed by atoms with Crippen LogP contribution in [0.25, 0.3) is 0 Å². The maximum atomic E-state index is 11.6. The van der Waals surface area contributed by atoms with Gasteiger partial charge in [0.05, 0.1) is 0 Å². The van der Waals surface area contributed by atoms with Crippen LogP contribution in [0.3, 0.4) is 0 Å². The molecule has 1 amide bonds. The molecular formula is C13H13ClN2O. The zero-order valence-corrected chi connectivity index (χ0v) is 10.0. The number of carbonyl (C=O) groups excluding carboxylic acids is 1. The number of rotatable bonds is 4. The molecule has 1 N–H and O–H groups in total. The molecular weight excluding hydrogens is 236 g/mol. The highest BCUT2D eigenvalue weighted by Crippen LogP contribution is 2.14. The number of halogens is 1. The quantitative estimate of drug-likeness (QED) is 0.886. The standard InChI is InChI=1S/C13H13ClN2O/c14-12-6-2-1-5-11(12)9-15-13(17)10-16-7-3-4-8-16/h1-8H,9-10H2,(H,15,17). The third-order valence-electron chi connectivity index (χ3n) is 2.43. The molecule has 0 unspecified atom stereocenters. The van der Waals surface area contributed by atoms with Gasteiger partial charge in [-0.15, -0.1) is 0 Å². The largest absolute Gasteiger partial charge is 0.350 e. The van der Waals surface area contributed by atoms with Crippen molar-refractivity contribution in [2.45, 2.75) is 13.1 Å². The van der Waals surface area contributed by atoms with E-state index in [9.17, 15) is 4.79 Å². The molecule has 0 saturated heterocycles. The Labute approximate surface area is 105 Å². The van der Waals surface area contributed by atoms with Crippen LogP contribution >= 0.6 is 11.6 Å². The third-order valence-corrected chi connectivity index (χ3v) is 2.79.